The first kappa shape index (κ1) is 12.3. The molecular formula is C11H15BrO3. The molecule has 0 aliphatic carbocycles. The van der Waals surface area contributed by atoms with E-state index in [0.717, 1.165) is 28.6 Å². The predicted octanol–water partition coefficient (Wildman–Crippen LogP) is 2.39. The summed E-state index contributed by atoms with van der Waals surface area (Å²) >= 11 is 3.41. The fraction of sp³-hybridized carbons (Fsp3) is 0.455. The van der Waals surface area contributed by atoms with E-state index in [4.69, 9.17) is 14.6 Å². The first-order valence-corrected chi connectivity index (χ1v) is 5.53. The van der Waals surface area contributed by atoms with Crippen LogP contribution in [0.1, 0.15) is 12.0 Å². The normalized spacial score (nSPS) is 10.1. The van der Waals surface area contributed by atoms with Gasteiger partial charge in [0.15, 0.2) is 11.5 Å². The summed E-state index contributed by atoms with van der Waals surface area (Å²) in [7, 11) is 3.23. The Kier molecular flexibility index (Phi) is 4.91. The molecular weight excluding hydrogens is 260 g/mol. The van der Waals surface area contributed by atoms with E-state index in [0.29, 0.717) is 5.75 Å². The summed E-state index contributed by atoms with van der Waals surface area (Å²) in [5.41, 5.74) is 1.04. The maximum absolute atomic E-state index is 8.80. The summed E-state index contributed by atoms with van der Waals surface area (Å²) in [6, 6.07) is 3.85. The molecule has 0 spiro atoms. The second-order valence-corrected chi connectivity index (χ2v) is 4.04. The molecule has 0 fully saturated rings. The van der Waals surface area contributed by atoms with Crippen molar-refractivity contribution in [2.24, 2.45) is 0 Å². The Morgan fingerprint density at radius 1 is 1.27 bits per heavy atom. The van der Waals surface area contributed by atoms with Crippen LogP contribution in [-0.4, -0.2) is 25.9 Å². The maximum Gasteiger partial charge on any atom is 0.163 e. The lowest BCUT2D eigenvalue weighted by atomic mass is 10.1. The zero-order chi connectivity index (χ0) is 11.3. The molecule has 1 aromatic rings. The number of rotatable bonds is 5. The molecule has 0 saturated carbocycles. The second kappa shape index (κ2) is 5.98. The van der Waals surface area contributed by atoms with Crippen LogP contribution in [0.3, 0.4) is 0 Å². The van der Waals surface area contributed by atoms with Gasteiger partial charge in [-0.15, -0.1) is 0 Å². The van der Waals surface area contributed by atoms with Gasteiger partial charge in [-0.3, -0.25) is 0 Å². The number of aliphatic hydroxyl groups is 1. The van der Waals surface area contributed by atoms with Crippen molar-refractivity contribution in [2.75, 3.05) is 20.8 Å². The highest BCUT2D eigenvalue weighted by Crippen LogP contribution is 2.35. The second-order valence-electron chi connectivity index (χ2n) is 3.13. The lowest BCUT2D eigenvalue weighted by molar-refractivity contribution is 0.287. The number of methoxy groups -OCH3 is 2. The van der Waals surface area contributed by atoms with Crippen LogP contribution in [0.4, 0.5) is 0 Å². The highest BCUT2D eigenvalue weighted by atomic mass is 79.9. The molecule has 1 aromatic carbocycles. The first-order valence-electron chi connectivity index (χ1n) is 4.74. The predicted molar refractivity (Wildman–Crippen MR) is 62.7 cm³/mol. The molecule has 0 aromatic heterocycles. The van der Waals surface area contributed by atoms with Crippen LogP contribution < -0.4 is 9.47 Å². The van der Waals surface area contributed by atoms with Crippen LogP contribution in [0.15, 0.2) is 16.6 Å². The van der Waals surface area contributed by atoms with E-state index in [2.05, 4.69) is 15.9 Å². The molecule has 84 valence electrons. The number of ether oxygens (including phenoxy) is 2. The van der Waals surface area contributed by atoms with Gasteiger partial charge < -0.3 is 14.6 Å². The molecule has 0 saturated heterocycles. The minimum absolute atomic E-state index is 0.179. The molecule has 1 rings (SSSR count). The first-order chi connectivity index (χ1) is 7.22. The smallest absolute Gasteiger partial charge is 0.163 e. The third-order valence-corrected chi connectivity index (χ3v) is 2.58. The number of hydrogen-bond acceptors (Lipinski definition) is 3. The summed E-state index contributed by atoms with van der Waals surface area (Å²) in [6.45, 7) is 0.179. The minimum Gasteiger partial charge on any atom is -0.493 e. The van der Waals surface area contributed by atoms with E-state index in [9.17, 15) is 0 Å². The average molecular weight is 275 g/mol. The molecule has 3 nitrogen and oxygen atoms in total. The lowest BCUT2D eigenvalue weighted by Crippen LogP contribution is -1.98. The molecule has 1 N–H and O–H groups in total. The van der Waals surface area contributed by atoms with Crippen molar-refractivity contribution in [1.82, 2.24) is 0 Å². The van der Waals surface area contributed by atoms with Crippen molar-refractivity contribution in [3.63, 3.8) is 0 Å². The van der Waals surface area contributed by atoms with E-state index in [-0.39, 0.29) is 6.61 Å². The highest BCUT2D eigenvalue weighted by molar-refractivity contribution is 9.10. The summed E-state index contributed by atoms with van der Waals surface area (Å²) in [6.07, 6.45) is 1.49. The van der Waals surface area contributed by atoms with Gasteiger partial charge in [0.25, 0.3) is 0 Å². The molecule has 0 radical (unpaired) electrons. The number of halogens is 1. The number of aliphatic hydroxyl groups excluding tert-OH is 1. The quantitative estimate of drug-likeness (QED) is 0.896. The van der Waals surface area contributed by atoms with Crippen LogP contribution in [0.5, 0.6) is 11.5 Å². The largest absolute Gasteiger partial charge is 0.493 e. The Labute approximate surface area is 98.1 Å². The maximum atomic E-state index is 8.80. The monoisotopic (exact) mass is 274 g/mol. The van der Waals surface area contributed by atoms with Crippen LogP contribution >= 0.6 is 15.9 Å². The molecule has 0 unspecified atom stereocenters. The van der Waals surface area contributed by atoms with Gasteiger partial charge in [-0.2, -0.15) is 0 Å². The molecule has 0 bridgehead atoms. The molecule has 0 heterocycles. The fourth-order valence-corrected chi connectivity index (χ4v) is 1.95. The zero-order valence-corrected chi connectivity index (χ0v) is 10.5. The van der Waals surface area contributed by atoms with Crippen LogP contribution in [0.2, 0.25) is 0 Å². The zero-order valence-electron chi connectivity index (χ0n) is 8.92. The number of hydrogen-bond donors (Lipinski definition) is 1. The van der Waals surface area contributed by atoms with Crippen molar-refractivity contribution >= 4 is 15.9 Å². The van der Waals surface area contributed by atoms with E-state index in [1.807, 2.05) is 12.1 Å². The van der Waals surface area contributed by atoms with Crippen LogP contribution in [0, 0.1) is 0 Å². The van der Waals surface area contributed by atoms with Crippen molar-refractivity contribution in [3.05, 3.63) is 22.2 Å². The SMILES string of the molecule is COc1cc(Br)cc(CCCO)c1OC. The highest BCUT2D eigenvalue weighted by Gasteiger charge is 2.10. The third-order valence-electron chi connectivity index (χ3n) is 2.12. The van der Waals surface area contributed by atoms with Crippen molar-refractivity contribution in [2.45, 2.75) is 12.8 Å². The molecule has 0 aliphatic heterocycles. The molecule has 0 amide bonds. The van der Waals surface area contributed by atoms with E-state index < -0.39 is 0 Å². The molecule has 0 aliphatic rings. The standard InChI is InChI=1S/C11H15BrO3/c1-14-10-7-9(12)6-8(4-3-5-13)11(10)15-2/h6-7,13H,3-5H2,1-2H3. The van der Waals surface area contributed by atoms with Gasteiger partial charge in [0.1, 0.15) is 0 Å². The Bertz CT molecular complexity index is 326. The Morgan fingerprint density at radius 3 is 2.53 bits per heavy atom. The van der Waals surface area contributed by atoms with Gasteiger partial charge in [-0.1, -0.05) is 15.9 Å². The van der Waals surface area contributed by atoms with Crippen molar-refractivity contribution in [1.29, 1.82) is 0 Å². The average Bonchev–Trinajstić information content (AvgIpc) is 2.25. The Balaban J connectivity index is 3.05. The third kappa shape index (κ3) is 3.11. The van der Waals surface area contributed by atoms with Gasteiger partial charge in [0.05, 0.1) is 14.2 Å². The van der Waals surface area contributed by atoms with Crippen molar-refractivity contribution < 1.29 is 14.6 Å². The Hall–Kier alpha value is -0.740. The van der Waals surface area contributed by atoms with Crippen molar-refractivity contribution in [3.8, 4) is 11.5 Å². The van der Waals surface area contributed by atoms with Gasteiger partial charge >= 0.3 is 0 Å². The summed E-state index contributed by atoms with van der Waals surface area (Å²) in [5, 5.41) is 8.80. The lowest BCUT2D eigenvalue weighted by Gasteiger charge is -2.13. The molecule has 15 heavy (non-hydrogen) atoms. The summed E-state index contributed by atoms with van der Waals surface area (Å²) in [5.74, 6) is 1.45. The van der Waals surface area contributed by atoms with Gasteiger partial charge in [0, 0.05) is 11.1 Å². The number of benzene rings is 1. The van der Waals surface area contributed by atoms with Crippen LogP contribution in [-0.2, 0) is 6.42 Å². The number of aryl methyl sites for hydroxylation is 1. The van der Waals surface area contributed by atoms with Gasteiger partial charge in [0.2, 0.25) is 0 Å². The minimum atomic E-state index is 0.179. The van der Waals surface area contributed by atoms with Gasteiger partial charge in [-0.25, -0.2) is 0 Å². The summed E-state index contributed by atoms with van der Waals surface area (Å²) < 4.78 is 11.5. The van der Waals surface area contributed by atoms with E-state index in [1.54, 1.807) is 14.2 Å². The van der Waals surface area contributed by atoms with Crippen LogP contribution in [0.25, 0.3) is 0 Å². The van der Waals surface area contributed by atoms with E-state index in [1.165, 1.54) is 0 Å². The van der Waals surface area contributed by atoms with Gasteiger partial charge in [-0.05, 0) is 30.5 Å². The fourth-order valence-electron chi connectivity index (χ4n) is 1.46. The Morgan fingerprint density at radius 2 is 2.00 bits per heavy atom. The van der Waals surface area contributed by atoms with E-state index >= 15 is 0 Å². The molecule has 0 atom stereocenters. The molecule has 4 heteroatoms. The summed E-state index contributed by atoms with van der Waals surface area (Å²) in [4.78, 5) is 0. The topological polar surface area (TPSA) is 38.7 Å².